The van der Waals surface area contributed by atoms with Crippen molar-refractivity contribution in [2.24, 2.45) is 0 Å². The molecule has 1 amide bonds. The molecule has 0 bridgehead atoms. The molecule has 134 valence electrons. The van der Waals surface area contributed by atoms with Gasteiger partial charge in [-0.2, -0.15) is 4.98 Å². The van der Waals surface area contributed by atoms with Crippen molar-refractivity contribution in [1.29, 1.82) is 0 Å². The molecule has 0 unspecified atom stereocenters. The predicted octanol–water partition coefficient (Wildman–Crippen LogP) is 1.98. The van der Waals surface area contributed by atoms with Crippen LogP contribution in [0.25, 0.3) is 5.78 Å². The number of hydrogen-bond acceptors (Lipinski definition) is 6. The zero-order valence-corrected chi connectivity index (χ0v) is 14.4. The number of benzene rings is 1. The first-order chi connectivity index (χ1) is 12.3. The lowest BCUT2D eigenvalue weighted by Gasteiger charge is -2.07. The first kappa shape index (κ1) is 17.5. The smallest absolute Gasteiger partial charge is 0.378 e. The molecule has 2 heterocycles. The molecule has 3 aromatic rings. The molecular weight excluding hydrogens is 341 g/mol. The Balaban J connectivity index is 1.65. The average Bonchev–Trinajstić information content (AvgIpc) is 2.99. The second kappa shape index (κ2) is 6.87. The van der Waals surface area contributed by atoms with Gasteiger partial charge in [0.2, 0.25) is 0 Å². The monoisotopic (exact) mass is 357 g/mol. The van der Waals surface area contributed by atoms with Crippen molar-refractivity contribution >= 4 is 23.3 Å². The SMILES string of the molecule is Cc1ccc(NC(=O)COC(=O)c2nc3nc(C)cc(C)n3n2)c(F)c1. The predicted molar refractivity (Wildman–Crippen MR) is 90.3 cm³/mol. The van der Waals surface area contributed by atoms with Crippen molar-refractivity contribution < 1.29 is 18.7 Å². The van der Waals surface area contributed by atoms with Gasteiger partial charge in [-0.3, -0.25) is 4.79 Å². The number of halogens is 1. The highest BCUT2D eigenvalue weighted by Crippen LogP contribution is 2.15. The summed E-state index contributed by atoms with van der Waals surface area (Å²) in [6.45, 7) is 4.74. The molecule has 1 N–H and O–H groups in total. The van der Waals surface area contributed by atoms with Gasteiger partial charge >= 0.3 is 5.97 Å². The third-order valence-corrected chi connectivity index (χ3v) is 3.53. The number of fused-ring (bicyclic) bond motifs is 1. The van der Waals surface area contributed by atoms with Crippen molar-refractivity contribution in [3.8, 4) is 0 Å². The lowest BCUT2D eigenvalue weighted by Crippen LogP contribution is -2.22. The number of aromatic nitrogens is 4. The number of amides is 1. The van der Waals surface area contributed by atoms with E-state index in [-0.39, 0.29) is 17.3 Å². The van der Waals surface area contributed by atoms with E-state index in [2.05, 4.69) is 20.4 Å². The standard InChI is InChI=1S/C17H16FN5O3/c1-9-4-5-13(12(18)6-9)20-14(24)8-26-16(25)15-21-17-19-10(2)7-11(3)23(17)22-15/h4-7H,8H2,1-3H3,(H,20,24). The third-order valence-electron chi connectivity index (χ3n) is 3.53. The fourth-order valence-corrected chi connectivity index (χ4v) is 2.36. The highest BCUT2D eigenvalue weighted by molar-refractivity contribution is 5.94. The number of nitrogens with zero attached hydrogens (tertiary/aromatic N) is 4. The van der Waals surface area contributed by atoms with Crippen LogP contribution in [-0.2, 0) is 9.53 Å². The van der Waals surface area contributed by atoms with Gasteiger partial charge in [-0.1, -0.05) is 6.07 Å². The molecule has 0 saturated carbocycles. The second-order valence-corrected chi connectivity index (χ2v) is 5.79. The molecule has 3 rings (SSSR count). The van der Waals surface area contributed by atoms with Gasteiger partial charge in [-0.05, 0) is 44.5 Å². The Labute approximate surface area is 148 Å². The summed E-state index contributed by atoms with van der Waals surface area (Å²) in [7, 11) is 0. The van der Waals surface area contributed by atoms with Crippen molar-refractivity contribution in [1.82, 2.24) is 19.6 Å². The normalized spacial score (nSPS) is 10.8. The summed E-state index contributed by atoms with van der Waals surface area (Å²) in [5, 5.41) is 6.35. The Morgan fingerprint density at radius 2 is 1.96 bits per heavy atom. The molecule has 0 aliphatic heterocycles. The first-order valence-corrected chi connectivity index (χ1v) is 7.77. The molecule has 9 heteroatoms. The fourth-order valence-electron chi connectivity index (χ4n) is 2.36. The Morgan fingerprint density at radius 3 is 2.69 bits per heavy atom. The second-order valence-electron chi connectivity index (χ2n) is 5.79. The van der Waals surface area contributed by atoms with Crippen LogP contribution in [0.2, 0.25) is 0 Å². The van der Waals surface area contributed by atoms with Gasteiger partial charge in [0, 0.05) is 11.4 Å². The van der Waals surface area contributed by atoms with E-state index in [1.54, 1.807) is 32.9 Å². The minimum atomic E-state index is -0.868. The quantitative estimate of drug-likeness (QED) is 0.717. The summed E-state index contributed by atoms with van der Waals surface area (Å²) in [6, 6.07) is 6.17. The van der Waals surface area contributed by atoms with Gasteiger partial charge in [0.1, 0.15) is 5.82 Å². The van der Waals surface area contributed by atoms with E-state index in [1.165, 1.54) is 16.6 Å². The van der Waals surface area contributed by atoms with E-state index in [1.807, 2.05) is 0 Å². The molecule has 0 spiro atoms. The van der Waals surface area contributed by atoms with E-state index in [0.29, 0.717) is 0 Å². The van der Waals surface area contributed by atoms with E-state index in [9.17, 15) is 14.0 Å². The van der Waals surface area contributed by atoms with Gasteiger partial charge in [0.25, 0.3) is 17.5 Å². The Hall–Kier alpha value is -3.36. The molecule has 0 atom stereocenters. The summed E-state index contributed by atoms with van der Waals surface area (Å²) in [6.07, 6.45) is 0. The van der Waals surface area contributed by atoms with Gasteiger partial charge in [-0.25, -0.2) is 18.7 Å². The molecule has 1 aromatic carbocycles. The van der Waals surface area contributed by atoms with Gasteiger partial charge in [0.15, 0.2) is 6.61 Å². The van der Waals surface area contributed by atoms with Crippen LogP contribution in [0.5, 0.6) is 0 Å². The molecule has 8 nitrogen and oxygen atoms in total. The van der Waals surface area contributed by atoms with Crippen molar-refractivity contribution in [3.05, 3.63) is 52.9 Å². The van der Waals surface area contributed by atoms with Crippen molar-refractivity contribution in [2.75, 3.05) is 11.9 Å². The number of nitrogens with one attached hydrogen (secondary N) is 1. The Bertz CT molecular complexity index is 1020. The topological polar surface area (TPSA) is 98.5 Å². The van der Waals surface area contributed by atoms with Gasteiger partial charge < -0.3 is 10.1 Å². The molecular formula is C17H16FN5O3. The van der Waals surface area contributed by atoms with Crippen LogP contribution in [0, 0.1) is 26.6 Å². The molecule has 2 aromatic heterocycles. The highest BCUT2D eigenvalue weighted by atomic mass is 19.1. The third kappa shape index (κ3) is 3.66. The maximum atomic E-state index is 13.7. The maximum absolute atomic E-state index is 13.7. The molecule has 0 aliphatic rings. The van der Waals surface area contributed by atoms with Crippen LogP contribution in [0.3, 0.4) is 0 Å². The molecule has 0 aliphatic carbocycles. The number of carbonyl (C=O) groups excluding carboxylic acids is 2. The number of esters is 1. The minimum Gasteiger partial charge on any atom is -0.450 e. The summed E-state index contributed by atoms with van der Waals surface area (Å²) in [5.74, 6) is -2.05. The Kier molecular flexibility index (Phi) is 4.61. The number of hydrogen-bond donors (Lipinski definition) is 1. The Morgan fingerprint density at radius 1 is 1.19 bits per heavy atom. The van der Waals surface area contributed by atoms with Gasteiger partial charge in [0.05, 0.1) is 5.69 Å². The van der Waals surface area contributed by atoms with Crippen LogP contribution in [0.4, 0.5) is 10.1 Å². The number of anilines is 1. The molecule has 26 heavy (non-hydrogen) atoms. The summed E-state index contributed by atoms with van der Waals surface area (Å²) < 4.78 is 20.0. The lowest BCUT2D eigenvalue weighted by molar-refractivity contribution is -0.119. The largest absolute Gasteiger partial charge is 0.450 e. The van der Waals surface area contributed by atoms with Crippen LogP contribution in [0.1, 0.15) is 27.6 Å². The van der Waals surface area contributed by atoms with Crippen LogP contribution in [-0.4, -0.2) is 38.1 Å². The van der Waals surface area contributed by atoms with Crippen LogP contribution in [0.15, 0.2) is 24.3 Å². The fraction of sp³-hybridized carbons (Fsp3) is 0.235. The van der Waals surface area contributed by atoms with Crippen molar-refractivity contribution in [2.45, 2.75) is 20.8 Å². The zero-order chi connectivity index (χ0) is 18.8. The first-order valence-electron chi connectivity index (χ1n) is 7.77. The van der Waals surface area contributed by atoms with E-state index >= 15 is 0 Å². The van der Waals surface area contributed by atoms with Crippen molar-refractivity contribution in [3.63, 3.8) is 0 Å². The number of ether oxygens (including phenoxy) is 1. The molecule has 0 fully saturated rings. The average molecular weight is 357 g/mol. The summed E-state index contributed by atoms with van der Waals surface area (Å²) in [4.78, 5) is 32.0. The number of rotatable bonds is 4. The summed E-state index contributed by atoms with van der Waals surface area (Å²) in [5.41, 5.74) is 2.23. The minimum absolute atomic E-state index is 0.0119. The summed E-state index contributed by atoms with van der Waals surface area (Å²) >= 11 is 0. The molecule has 0 saturated heterocycles. The molecule has 0 radical (unpaired) electrons. The number of carbonyl (C=O) groups is 2. The van der Waals surface area contributed by atoms with Crippen LogP contribution < -0.4 is 5.32 Å². The van der Waals surface area contributed by atoms with E-state index in [0.717, 1.165) is 17.0 Å². The maximum Gasteiger partial charge on any atom is 0.378 e. The lowest BCUT2D eigenvalue weighted by atomic mass is 10.2. The van der Waals surface area contributed by atoms with E-state index in [4.69, 9.17) is 4.74 Å². The van der Waals surface area contributed by atoms with E-state index < -0.39 is 24.3 Å². The number of aryl methyl sites for hydroxylation is 3. The highest BCUT2D eigenvalue weighted by Gasteiger charge is 2.18. The zero-order valence-electron chi connectivity index (χ0n) is 14.4. The van der Waals surface area contributed by atoms with Gasteiger partial charge in [-0.15, -0.1) is 5.10 Å². The van der Waals surface area contributed by atoms with Crippen LogP contribution >= 0.6 is 0 Å².